The van der Waals surface area contributed by atoms with Gasteiger partial charge in [-0.15, -0.1) is 0 Å². The Morgan fingerprint density at radius 1 is 1.32 bits per heavy atom. The summed E-state index contributed by atoms with van der Waals surface area (Å²) >= 11 is 1.95. The number of rotatable bonds is 5. The van der Waals surface area contributed by atoms with Gasteiger partial charge in [0.05, 0.1) is 24.5 Å². The fraction of sp³-hybridized carbons (Fsp3) is 0.529. The van der Waals surface area contributed by atoms with E-state index in [0.29, 0.717) is 24.3 Å². The van der Waals surface area contributed by atoms with Gasteiger partial charge >= 0.3 is 6.09 Å². The molecule has 136 valence electrons. The molecule has 3 rings (SSSR count). The molecule has 1 aromatic rings. The molecule has 2 amide bonds. The fourth-order valence-corrected chi connectivity index (χ4v) is 3.98. The summed E-state index contributed by atoms with van der Waals surface area (Å²) in [5.74, 6) is 1.88. The van der Waals surface area contributed by atoms with Gasteiger partial charge in [-0.25, -0.2) is 9.18 Å². The second kappa shape index (κ2) is 8.42. The van der Waals surface area contributed by atoms with Gasteiger partial charge in [0.15, 0.2) is 0 Å². The van der Waals surface area contributed by atoms with Crippen LogP contribution in [0.4, 0.5) is 20.6 Å². The van der Waals surface area contributed by atoms with Crippen molar-refractivity contribution in [2.45, 2.75) is 18.9 Å². The average molecular weight is 367 g/mol. The van der Waals surface area contributed by atoms with Gasteiger partial charge in [-0.2, -0.15) is 11.8 Å². The molecule has 1 N–H and O–H groups in total. The van der Waals surface area contributed by atoms with E-state index in [0.717, 1.165) is 37.4 Å². The zero-order valence-corrected chi connectivity index (χ0v) is 14.8. The van der Waals surface area contributed by atoms with Crippen LogP contribution in [-0.4, -0.2) is 56.3 Å². The van der Waals surface area contributed by atoms with E-state index in [1.165, 1.54) is 11.0 Å². The van der Waals surface area contributed by atoms with Gasteiger partial charge in [0.25, 0.3) is 0 Å². The van der Waals surface area contributed by atoms with Crippen LogP contribution in [-0.2, 0) is 9.53 Å². The lowest BCUT2D eigenvalue weighted by Gasteiger charge is -2.27. The van der Waals surface area contributed by atoms with Crippen molar-refractivity contribution in [2.24, 2.45) is 0 Å². The molecule has 2 aliphatic heterocycles. The number of ether oxygens (including phenoxy) is 1. The number of carbonyl (C=O) groups excluding carboxylic acids is 2. The maximum atomic E-state index is 14.7. The molecule has 2 aliphatic rings. The van der Waals surface area contributed by atoms with Crippen LogP contribution in [0.5, 0.6) is 0 Å². The minimum Gasteiger partial charge on any atom is -0.442 e. The van der Waals surface area contributed by atoms with E-state index >= 15 is 0 Å². The summed E-state index contributed by atoms with van der Waals surface area (Å²) in [6, 6.07) is 4.88. The van der Waals surface area contributed by atoms with Crippen LogP contribution in [0.3, 0.4) is 0 Å². The topological polar surface area (TPSA) is 61.9 Å². The van der Waals surface area contributed by atoms with Crippen LogP contribution in [0.1, 0.15) is 12.8 Å². The average Bonchev–Trinajstić information content (AvgIpc) is 2.94. The predicted molar refractivity (Wildman–Crippen MR) is 96.9 cm³/mol. The van der Waals surface area contributed by atoms with Crippen molar-refractivity contribution in [2.75, 3.05) is 47.5 Å². The van der Waals surface area contributed by atoms with Crippen molar-refractivity contribution in [3.63, 3.8) is 0 Å². The van der Waals surface area contributed by atoms with E-state index < -0.39 is 12.2 Å². The van der Waals surface area contributed by atoms with Crippen molar-refractivity contribution in [1.29, 1.82) is 0 Å². The first-order chi connectivity index (χ1) is 12.2. The molecular weight excluding hydrogens is 345 g/mol. The number of hydrogen-bond acceptors (Lipinski definition) is 5. The molecule has 1 atom stereocenters. The largest absolute Gasteiger partial charge is 0.442 e. The highest BCUT2D eigenvalue weighted by atomic mass is 32.2. The Hall–Kier alpha value is -1.96. The third-order valence-corrected chi connectivity index (χ3v) is 5.47. The summed E-state index contributed by atoms with van der Waals surface area (Å²) in [5.41, 5.74) is 1.06. The van der Waals surface area contributed by atoms with E-state index in [9.17, 15) is 14.0 Å². The summed E-state index contributed by atoms with van der Waals surface area (Å²) in [7, 11) is 0. The number of thioether (sulfide) groups is 1. The second-order valence-corrected chi connectivity index (χ2v) is 7.31. The zero-order chi connectivity index (χ0) is 17.6. The third kappa shape index (κ3) is 4.36. The number of nitrogens with one attached hydrogen (secondary N) is 1. The quantitative estimate of drug-likeness (QED) is 0.809. The molecule has 2 heterocycles. The van der Waals surface area contributed by atoms with Gasteiger partial charge in [-0.05, 0) is 42.5 Å². The van der Waals surface area contributed by atoms with Crippen molar-refractivity contribution in [1.82, 2.24) is 5.32 Å². The number of anilines is 2. The monoisotopic (exact) mass is 367 g/mol. The number of halogens is 1. The van der Waals surface area contributed by atoms with Crippen molar-refractivity contribution >= 4 is 35.6 Å². The van der Waals surface area contributed by atoms with Crippen LogP contribution in [0.25, 0.3) is 0 Å². The molecule has 2 saturated heterocycles. The van der Waals surface area contributed by atoms with E-state index in [1.807, 2.05) is 11.8 Å². The molecule has 2 fully saturated rings. The molecule has 1 unspecified atom stereocenters. The number of carbonyl (C=O) groups is 2. The number of cyclic esters (lactones) is 1. The third-order valence-electron chi connectivity index (χ3n) is 4.32. The van der Waals surface area contributed by atoms with Gasteiger partial charge < -0.3 is 15.0 Å². The molecule has 0 aliphatic carbocycles. The van der Waals surface area contributed by atoms with Gasteiger partial charge in [0.2, 0.25) is 6.41 Å². The van der Waals surface area contributed by atoms with Gasteiger partial charge in [0, 0.05) is 13.1 Å². The molecule has 0 bridgehead atoms. The maximum Gasteiger partial charge on any atom is 0.414 e. The van der Waals surface area contributed by atoms with Crippen molar-refractivity contribution in [3.8, 4) is 0 Å². The summed E-state index contributed by atoms with van der Waals surface area (Å²) in [6.07, 6.45) is 1.69. The Labute approximate surface area is 150 Å². The van der Waals surface area contributed by atoms with Crippen LogP contribution >= 0.6 is 11.8 Å². The predicted octanol–water partition coefficient (Wildman–Crippen LogP) is 2.23. The molecule has 8 heteroatoms. The minimum atomic E-state index is -0.520. The van der Waals surface area contributed by atoms with Crippen molar-refractivity contribution in [3.05, 3.63) is 24.0 Å². The Balaban J connectivity index is 1.71. The first-order valence-corrected chi connectivity index (χ1v) is 9.62. The summed E-state index contributed by atoms with van der Waals surface area (Å²) in [5, 5.41) is 2.49. The zero-order valence-electron chi connectivity index (χ0n) is 13.9. The summed E-state index contributed by atoms with van der Waals surface area (Å²) in [4.78, 5) is 25.8. The Morgan fingerprint density at radius 2 is 2.08 bits per heavy atom. The lowest BCUT2D eigenvalue weighted by molar-refractivity contribution is -0.109. The van der Waals surface area contributed by atoms with Crippen LogP contribution in [0.2, 0.25) is 0 Å². The number of amides is 2. The highest BCUT2D eigenvalue weighted by molar-refractivity contribution is 7.99. The highest BCUT2D eigenvalue weighted by Gasteiger charge is 2.32. The second-order valence-electron chi connectivity index (χ2n) is 6.08. The van der Waals surface area contributed by atoms with E-state index in [1.54, 1.807) is 12.1 Å². The van der Waals surface area contributed by atoms with Crippen LogP contribution < -0.4 is 15.1 Å². The van der Waals surface area contributed by atoms with E-state index in [2.05, 4.69) is 10.2 Å². The number of hydrogen-bond donors (Lipinski definition) is 1. The van der Waals surface area contributed by atoms with Crippen LogP contribution in [0, 0.1) is 5.82 Å². The maximum absolute atomic E-state index is 14.7. The first-order valence-electron chi connectivity index (χ1n) is 8.46. The molecule has 0 saturated carbocycles. The van der Waals surface area contributed by atoms with Gasteiger partial charge in [0.1, 0.15) is 11.9 Å². The summed E-state index contributed by atoms with van der Waals surface area (Å²) in [6.45, 7) is 2.22. The molecule has 25 heavy (non-hydrogen) atoms. The van der Waals surface area contributed by atoms with E-state index in [-0.39, 0.29) is 12.4 Å². The standard InChI is InChI=1S/C17H22FN3O3S/c18-15-9-13(21-11-14(10-19-12-22)24-17(21)23)3-4-16(15)20-5-1-7-25-8-2-6-20/h3-4,9,12,14H,1-2,5-8,10-11H2,(H,19,22). The lowest BCUT2D eigenvalue weighted by atomic mass is 10.2. The number of nitrogens with zero attached hydrogens (tertiary/aromatic N) is 2. The van der Waals surface area contributed by atoms with Gasteiger partial charge in [-0.1, -0.05) is 0 Å². The minimum absolute atomic E-state index is 0.248. The highest BCUT2D eigenvalue weighted by Crippen LogP contribution is 2.29. The normalized spacial score (nSPS) is 21.5. The molecule has 6 nitrogen and oxygen atoms in total. The Bertz CT molecular complexity index is 623. The fourth-order valence-electron chi connectivity index (χ4n) is 3.11. The Morgan fingerprint density at radius 3 is 2.76 bits per heavy atom. The molecule has 0 spiro atoms. The molecule has 0 aromatic heterocycles. The molecule has 0 radical (unpaired) electrons. The molecular formula is C17H22FN3O3S. The first kappa shape index (κ1) is 17.8. The Kier molecular flexibility index (Phi) is 6.01. The SMILES string of the molecule is O=CNCC1CN(c2ccc(N3CCCSCCC3)c(F)c2)C(=O)O1. The van der Waals surface area contributed by atoms with E-state index in [4.69, 9.17) is 4.74 Å². The number of benzene rings is 1. The smallest absolute Gasteiger partial charge is 0.414 e. The molecule has 1 aromatic carbocycles. The van der Waals surface area contributed by atoms with Gasteiger partial charge in [-0.3, -0.25) is 9.69 Å². The van der Waals surface area contributed by atoms with Crippen LogP contribution in [0.15, 0.2) is 18.2 Å². The lowest BCUT2D eigenvalue weighted by Crippen LogP contribution is -2.30. The summed E-state index contributed by atoms with van der Waals surface area (Å²) < 4.78 is 19.8. The van der Waals surface area contributed by atoms with Crippen molar-refractivity contribution < 1.29 is 18.7 Å².